The molecule has 1 heterocycles. The lowest BCUT2D eigenvalue weighted by Crippen LogP contribution is -2.41. The highest BCUT2D eigenvalue weighted by Gasteiger charge is 2.52. The summed E-state index contributed by atoms with van der Waals surface area (Å²) in [6.07, 6.45) is 4.20. The smallest absolute Gasteiger partial charge is 0.464 e. The van der Waals surface area contributed by atoms with Crippen LogP contribution in [0.3, 0.4) is 0 Å². The molecule has 0 radical (unpaired) electrons. The number of rotatable bonds is 4. The fourth-order valence-electron chi connectivity index (χ4n) is 2.20. The highest BCUT2D eigenvalue weighted by atomic mass is 16.7. The van der Waals surface area contributed by atoms with Crippen LogP contribution in [0.25, 0.3) is 6.08 Å². The summed E-state index contributed by atoms with van der Waals surface area (Å²) in [5.74, 6) is 1.04. The van der Waals surface area contributed by atoms with Gasteiger partial charge >= 0.3 is 7.12 Å². The van der Waals surface area contributed by atoms with Crippen LogP contribution in [-0.4, -0.2) is 25.4 Å². The van der Waals surface area contributed by atoms with Crippen molar-refractivity contribution in [2.45, 2.75) is 51.6 Å². The molecule has 2 rings (SSSR count). The van der Waals surface area contributed by atoms with Crippen molar-refractivity contribution in [1.29, 1.82) is 0 Å². The molecule has 1 unspecified atom stereocenters. The Morgan fingerprint density at radius 1 is 1.14 bits per heavy atom. The zero-order chi connectivity index (χ0) is 15.7. The van der Waals surface area contributed by atoms with Gasteiger partial charge in [-0.05, 0) is 45.4 Å². The van der Waals surface area contributed by atoms with Gasteiger partial charge in [0, 0.05) is 5.82 Å². The van der Waals surface area contributed by atoms with E-state index in [1.54, 1.807) is 7.11 Å². The molecular weight excluding hydrogens is 263 g/mol. The second-order valence-corrected chi connectivity index (χ2v) is 6.62. The normalized spacial score (nSPS) is 21.7. The maximum Gasteiger partial charge on any atom is 0.464 e. The lowest BCUT2D eigenvalue weighted by atomic mass is 9.73. The summed E-state index contributed by atoms with van der Waals surface area (Å²) in [5, 5.41) is 0. The molecule has 0 N–H and O–H groups in total. The Morgan fingerprint density at radius 3 is 2.33 bits per heavy atom. The van der Waals surface area contributed by atoms with Crippen LogP contribution in [0.2, 0.25) is 5.82 Å². The molecule has 0 aromatic heterocycles. The Kier molecular flexibility index (Phi) is 4.50. The fourth-order valence-corrected chi connectivity index (χ4v) is 2.20. The molecular formula is C17H25BO3. The van der Waals surface area contributed by atoms with E-state index in [4.69, 9.17) is 14.0 Å². The van der Waals surface area contributed by atoms with Crippen molar-refractivity contribution in [3.05, 3.63) is 35.9 Å². The van der Waals surface area contributed by atoms with Gasteiger partial charge in [-0.1, -0.05) is 31.2 Å². The zero-order valence-corrected chi connectivity index (χ0v) is 13.8. The van der Waals surface area contributed by atoms with Crippen LogP contribution in [0.5, 0.6) is 5.75 Å². The molecule has 0 spiro atoms. The molecule has 1 aliphatic rings. The first-order chi connectivity index (χ1) is 9.75. The number of hydrogen-bond acceptors (Lipinski definition) is 3. The largest absolute Gasteiger partial charge is 0.497 e. The van der Waals surface area contributed by atoms with Gasteiger partial charge in [-0.2, -0.15) is 0 Å². The van der Waals surface area contributed by atoms with E-state index < -0.39 is 0 Å². The molecule has 1 atom stereocenters. The average Bonchev–Trinajstić information content (AvgIpc) is 2.65. The van der Waals surface area contributed by atoms with E-state index in [9.17, 15) is 0 Å². The number of methoxy groups -OCH3 is 1. The summed E-state index contributed by atoms with van der Waals surface area (Å²) in [6, 6.07) is 7.98. The van der Waals surface area contributed by atoms with Crippen molar-refractivity contribution in [1.82, 2.24) is 0 Å². The minimum Gasteiger partial charge on any atom is -0.497 e. The summed E-state index contributed by atoms with van der Waals surface area (Å²) in [5.41, 5.74) is 0.545. The fraction of sp³-hybridized carbons (Fsp3) is 0.529. The van der Waals surface area contributed by atoms with Gasteiger partial charge in [0.2, 0.25) is 0 Å². The average molecular weight is 288 g/mol. The monoisotopic (exact) mass is 288 g/mol. The van der Waals surface area contributed by atoms with Gasteiger partial charge in [0.25, 0.3) is 0 Å². The van der Waals surface area contributed by atoms with Gasteiger partial charge in [-0.3, -0.25) is 0 Å². The van der Waals surface area contributed by atoms with Crippen LogP contribution in [-0.2, 0) is 9.31 Å². The Labute approximate surface area is 128 Å². The predicted octanol–water partition coefficient (Wildman–Crippen LogP) is 4.19. The first kappa shape index (κ1) is 16.1. The number of hydrogen-bond donors (Lipinski definition) is 0. The molecule has 1 aliphatic heterocycles. The molecule has 1 aromatic carbocycles. The van der Waals surface area contributed by atoms with Crippen LogP contribution < -0.4 is 4.74 Å². The van der Waals surface area contributed by atoms with E-state index in [1.165, 1.54) is 0 Å². The van der Waals surface area contributed by atoms with Gasteiger partial charge in [0.05, 0.1) is 18.3 Å². The lowest BCUT2D eigenvalue weighted by Gasteiger charge is -2.32. The van der Waals surface area contributed by atoms with Crippen molar-refractivity contribution < 1.29 is 14.0 Å². The highest BCUT2D eigenvalue weighted by molar-refractivity contribution is 6.48. The maximum atomic E-state index is 6.06. The third-order valence-corrected chi connectivity index (χ3v) is 4.39. The van der Waals surface area contributed by atoms with Crippen LogP contribution >= 0.6 is 0 Å². The number of ether oxygens (including phenoxy) is 1. The standard InChI is InChI=1S/C17H25BO3/c1-13(18-20-16(2,3)17(4,5)21-18)10-11-14-8-7-9-15(12-14)19-6/h7-13H,1-6H3/b11-10-. The van der Waals surface area contributed by atoms with Gasteiger partial charge < -0.3 is 14.0 Å². The van der Waals surface area contributed by atoms with Crippen LogP contribution in [0.4, 0.5) is 0 Å². The predicted molar refractivity (Wildman–Crippen MR) is 87.5 cm³/mol. The van der Waals surface area contributed by atoms with Crippen molar-refractivity contribution in [2.24, 2.45) is 0 Å². The topological polar surface area (TPSA) is 27.7 Å². The van der Waals surface area contributed by atoms with Gasteiger partial charge in [0.1, 0.15) is 5.75 Å². The van der Waals surface area contributed by atoms with Crippen molar-refractivity contribution in [3.8, 4) is 5.75 Å². The van der Waals surface area contributed by atoms with Crippen molar-refractivity contribution >= 4 is 13.2 Å². The SMILES string of the molecule is COc1cccc(/C=C\C(C)B2OC(C)(C)C(C)(C)O2)c1. The Morgan fingerprint density at radius 2 is 1.76 bits per heavy atom. The van der Waals surface area contributed by atoms with E-state index in [0.29, 0.717) is 0 Å². The minimum atomic E-state index is -0.282. The minimum absolute atomic E-state index is 0.178. The zero-order valence-electron chi connectivity index (χ0n) is 13.8. The van der Waals surface area contributed by atoms with Gasteiger partial charge in [-0.15, -0.1) is 0 Å². The van der Waals surface area contributed by atoms with Crippen LogP contribution in [0, 0.1) is 0 Å². The Hall–Kier alpha value is -1.26. The number of allylic oxidation sites excluding steroid dienone is 1. The summed E-state index contributed by atoms with van der Waals surface area (Å²) < 4.78 is 17.4. The third-order valence-electron chi connectivity index (χ3n) is 4.39. The molecule has 0 amide bonds. The highest BCUT2D eigenvalue weighted by Crippen LogP contribution is 2.40. The molecule has 4 heteroatoms. The molecule has 0 saturated carbocycles. The molecule has 1 fully saturated rings. The lowest BCUT2D eigenvalue weighted by molar-refractivity contribution is 0.00578. The summed E-state index contributed by atoms with van der Waals surface area (Å²) in [4.78, 5) is 0. The van der Waals surface area contributed by atoms with E-state index in [-0.39, 0.29) is 24.1 Å². The molecule has 21 heavy (non-hydrogen) atoms. The van der Waals surface area contributed by atoms with Crippen molar-refractivity contribution in [2.75, 3.05) is 7.11 Å². The Bertz CT molecular complexity index is 507. The molecule has 0 bridgehead atoms. The molecule has 114 valence electrons. The first-order valence-corrected chi connectivity index (χ1v) is 7.43. The van der Waals surface area contributed by atoms with Gasteiger partial charge in [-0.25, -0.2) is 0 Å². The summed E-state index contributed by atoms with van der Waals surface area (Å²) >= 11 is 0. The molecule has 1 saturated heterocycles. The second kappa shape index (κ2) is 5.86. The van der Waals surface area contributed by atoms with E-state index in [0.717, 1.165) is 11.3 Å². The van der Waals surface area contributed by atoms with Crippen molar-refractivity contribution in [3.63, 3.8) is 0 Å². The quantitative estimate of drug-likeness (QED) is 0.777. The third kappa shape index (κ3) is 3.50. The molecule has 1 aromatic rings. The number of benzene rings is 1. The maximum absolute atomic E-state index is 6.06. The molecule has 3 nitrogen and oxygen atoms in total. The van der Waals surface area contributed by atoms with E-state index in [1.807, 2.05) is 18.2 Å². The molecule has 0 aliphatic carbocycles. The summed E-state index contributed by atoms with van der Waals surface area (Å²) in [7, 11) is 1.47. The van der Waals surface area contributed by atoms with Crippen LogP contribution in [0.15, 0.2) is 30.3 Å². The van der Waals surface area contributed by atoms with E-state index >= 15 is 0 Å². The van der Waals surface area contributed by atoms with Gasteiger partial charge in [0.15, 0.2) is 0 Å². The second-order valence-electron chi connectivity index (χ2n) is 6.62. The Balaban J connectivity index is 2.05. The summed E-state index contributed by atoms with van der Waals surface area (Å²) in [6.45, 7) is 10.4. The first-order valence-electron chi connectivity index (χ1n) is 7.43. The van der Waals surface area contributed by atoms with Crippen LogP contribution in [0.1, 0.15) is 40.2 Å². The van der Waals surface area contributed by atoms with E-state index in [2.05, 4.69) is 52.8 Å².